The van der Waals surface area contributed by atoms with Gasteiger partial charge in [0.05, 0.1) is 0 Å². The third-order valence-electron chi connectivity index (χ3n) is 1.11. The number of rotatable bonds is 5. The first kappa shape index (κ1) is 16.4. The molecule has 0 spiro atoms. The maximum Gasteiger partial charge on any atom is 0.310 e. The van der Waals surface area contributed by atoms with E-state index >= 15 is 0 Å². The van der Waals surface area contributed by atoms with Crippen molar-refractivity contribution in [2.24, 2.45) is 0 Å². The molecule has 0 bridgehead atoms. The summed E-state index contributed by atoms with van der Waals surface area (Å²) >= 11 is 1.16. The number of hydrogen-bond acceptors (Lipinski definition) is 3. The summed E-state index contributed by atoms with van der Waals surface area (Å²) in [6, 6.07) is 0. The number of ketones is 1. The Kier molecular flexibility index (Phi) is 13.0. The van der Waals surface area contributed by atoms with E-state index in [1.165, 1.54) is 0 Å². The van der Waals surface area contributed by atoms with Crippen LogP contribution in [0.25, 0.3) is 0 Å². The second-order valence-electron chi connectivity index (χ2n) is 3.03. The minimum absolute atomic E-state index is 0.190. The van der Waals surface area contributed by atoms with Crippen LogP contribution >= 0.6 is 0 Å². The monoisotopic (exact) mass is 279 g/mol. The minimum atomic E-state index is -1.03. The van der Waals surface area contributed by atoms with Gasteiger partial charge in [0.25, 0.3) is 0 Å². The molecule has 0 fully saturated rings. The fourth-order valence-electron chi connectivity index (χ4n) is 0.536. The van der Waals surface area contributed by atoms with Crippen molar-refractivity contribution in [3.05, 3.63) is 0 Å². The van der Waals surface area contributed by atoms with Crippen molar-refractivity contribution in [2.45, 2.75) is 46.1 Å². The van der Waals surface area contributed by atoms with E-state index in [0.717, 1.165) is 31.6 Å². The van der Waals surface area contributed by atoms with Crippen LogP contribution in [-0.2, 0) is 37.6 Å². The van der Waals surface area contributed by atoms with Crippen LogP contribution in [0.2, 0.25) is 0 Å². The molecule has 0 radical (unpaired) electrons. The van der Waals surface area contributed by atoms with Gasteiger partial charge in [-0.2, -0.15) is 0 Å². The van der Waals surface area contributed by atoms with Crippen molar-refractivity contribution in [1.29, 1.82) is 0 Å². The van der Waals surface area contributed by atoms with Crippen LogP contribution < -0.4 is 0 Å². The molecule has 0 rings (SSSR count). The minimum Gasteiger partial charge on any atom is -0.481 e. The summed E-state index contributed by atoms with van der Waals surface area (Å²) in [6.45, 7) is 5.89. The SMILES string of the molecule is CC(C)[O][Zr].CCCC(=O)CC(=O)O. The number of carbonyl (C=O) groups is 2. The Labute approximate surface area is 100 Å². The van der Waals surface area contributed by atoms with Crippen LogP contribution in [-0.4, -0.2) is 23.0 Å². The largest absolute Gasteiger partial charge is 0.481 e. The Bertz CT molecular complexity index is 168. The molecule has 0 aromatic rings. The van der Waals surface area contributed by atoms with E-state index < -0.39 is 5.97 Å². The zero-order valence-electron chi connectivity index (χ0n) is 8.87. The van der Waals surface area contributed by atoms with Gasteiger partial charge in [-0.15, -0.1) is 0 Å². The Hall–Kier alpha value is -0.0169. The van der Waals surface area contributed by atoms with E-state index in [-0.39, 0.29) is 12.2 Å². The van der Waals surface area contributed by atoms with Crippen molar-refractivity contribution in [3.8, 4) is 0 Å². The van der Waals surface area contributed by atoms with Gasteiger partial charge in [0.2, 0.25) is 0 Å². The molecule has 1 N–H and O–H groups in total. The second kappa shape index (κ2) is 11.1. The van der Waals surface area contributed by atoms with Gasteiger partial charge in [-0.3, -0.25) is 9.59 Å². The van der Waals surface area contributed by atoms with Crippen molar-refractivity contribution >= 4 is 11.8 Å². The molecule has 0 aromatic heterocycles. The normalized spacial score (nSPS) is 9.07. The smallest absolute Gasteiger partial charge is 0.310 e. The molecule has 0 heterocycles. The van der Waals surface area contributed by atoms with E-state index in [2.05, 4.69) is 0 Å². The topological polar surface area (TPSA) is 63.6 Å². The summed E-state index contributed by atoms with van der Waals surface area (Å²) in [7, 11) is 0. The average molecular weight is 280 g/mol. The Morgan fingerprint density at radius 1 is 1.43 bits per heavy atom. The summed E-state index contributed by atoms with van der Waals surface area (Å²) in [5.41, 5.74) is 0. The number of hydrogen-bond donors (Lipinski definition) is 1. The van der Waals surface area contributed by atoms with Crippen LogP contribution in [0.4, 0.5) is 0 Å². The van der Waals surface area contributed by atoms with Crippen molar-refractivity contribution in [3.63, 3.8) is 0 Å². The van der Waals surface area contributed by atoms with Gasteiger partial charge in [-0.25, -0.2) is 0 Å². The third kappa shape index (κ3) is 17.9. The third-order valence-corrected chi connectivity index (χ3v) is 2.27. The molecule has 4 nitrogen and oxygen atoms in total. The first-order valence-electron chi connectivity index (χ1n) is 4.49. The van der Waals surface area contributed by atoms with Crippen LogP contribution in [0, 0.1) is 0 Å². The van der Waals surface area contributed by atoms with E-state index in [1.54, 1.807) is 0 Å². The van der Waals surface area contributed by atoms with Crippen LogP contribution in [0.15, 0.2) is 0 Å². The van der Waals surface area contributed by atoms with Gasteiger partial charge in [-0.1, -0.05) is 6.92 Å². The molecular formula is C9H17O4Zr. The van der Waals surface area contributed by atoms with E-state index in [0.29, 0.717) is 12.5 Å². The molecular weight excluding hydrogens is 263 g/mol. The zero-order chi connectivity index (χ0) is 11.6. The molecule has 0 aliphatic heterocycles. The number of aliphatic carboxylic acids is 1. The van der Waals surface area contributed by atoms with Crippen LogP contribution in [0.3, 0.4) is 0 Å². The van der Waals surface area contributed by atoms with Crippen LogP contribution in [0.5, 0.6) is 0 Å². The molecule has 0 aliphatic rings. The van der Waals surface area contributed by atoms with Crippen LogP contribution in [0.1, 0.15) is 40.0 Å². The molecule has 14 heavy (non-hydrogen) atoms. The van der Waals surface area contributed by atoms with Gasteiger partial charge >= 0.3 is 53.9 Å². The molecule has 5 heteroatoms. The van der Waals surface area contributed by atoms with Crippen molar-refractivity contribution in [1.82, 2.24) is 0 Å². The van der Waals surface area contributed by atoms with Gasteiger partial charge in [-0.05, 0) is 6.42 Å². The summed E-state index contributed by atoms with van der Waals surface area (Å²) < 4.78 is 4.84. The summed E-state index contributed by atoms with van der Waals surface area (Å²) in [6.07, 6.45) is 1.21. The maximum absolute atomic E-state index is 10.5. The standard InChI is InChI=1S/C6H10O3.C3H7O.Zr/c1-2-3-5(7)4-6(8)9;1-3(2)4;/h2-4H2,1H3,(H,8,9);3H,1-2H3;/q;-1;+1. The first-order valence-corrected chi connectivity index (χ1v) is 5.50. The molecule has 0 unspecified atom stereocenters. The van der Waals surface area contributed by atoms with Gasteiger partial charge in [0.1, 0.15) is 12.2 Å². The molecule has 0 saturated heterocycles. The fraction of sp³-hybridized carbons (Fsp3) is 0.778. The van der Waals surface area contributed by atoms with Crippen molar-refractivity contribution in [2.75, 3.05) is 0 Å². The Morgan fingerprint density at radius 3 is 2.07 bits per heavy atom. The molecule has 0 aromatic carbocycles. The average Bonchev–Trinajstić information content (AvgIpc) is 2.04. The molecule has 81 valence electrons. The number of carboxylic acids is 1. The number of carbonyl (C=O) groups excluding carboxylic acids is 1. The van der Waals surface area contributed by atoms with E-state index in [1.807, 2.05) is 20.8 Å². The van der Waals surface area contributed by atoms with E-state index in [4.69, 9.17) is 7.92 Å². The predicted octanol–water partition coefficient (Wildman–Crippen LogP) is 1.70. The summed E-state index contributed by atoms with van der Waals surface area (Å²) in [5, 5.41) is 8.09. The Morgan fingerprint density at radius 2 is 1.86 bits per heavy atom. The summed E-state index contributed by atoms with van der Waals surface area (Å²) in [4.78, 5) is 20.3. The van der Waals surface area contributed by atoms with Gasteiger partial charge < -0.3 is 5.11 Å². The molecule has 0 aliphatic carbocycles. The predicted molar refractivity (Wildman–Crippen MR) is 48.4 cm³/mol. The first-order chi connectivity index (χ1) is 6.43. The Balaban J connectivity index is 0. The van der Waals surface area contributed by atoms with Gasteiger partial charge in [0.15, 0.2) is 0 Å². The number of Topliss-reactive ketones (excluding diaryl/α,β-unsaturated/α-hetero) is 1. The van der Waals surface area contributed by atoms with E-state index in [9.17, 15) is 9.59 Å². The molecule has 0 atom stereocenters. The molecule has 0 saturated carbocycles. The second-order valence-corrected chi connectivity index (χ2v) is 3.61. The molecule has 0 amide bonds. The maximum atomic E-state index is 10.5. The number of carboxylic acid groups (broad SMARTS) is 1. The zero-order valence-corrected chi connectivity index (χ0v) is 11.3. The van der Waals surface area contributed by atoms with Crippen molar-refractivity contribution < 1.29 is 42.7 Å². The summed E-state index contributed by atoms with van der Waals surface area (Å²) in [5.74, 6) is -1.22. The van der Waals surface area contributed by atoms with Gasteiger partial charge in [0, 0.05) is 6.42 Å². The quantitative estimate of drug-likeness (QED) is 0.779. The fourth-order valence-corrected chi connectivity index (χ4v) is 0.536.